The molecule has 2 N–H and O–H groups in total. The van der Waals surface area contributed by atoms with Crippen LogP contribution in [0.3, 0.4) is 0 Å². The van der Waals surface area contributed by atoms with E-state index in [1.165, 1.54) is 21.3 Å². The summed E-state index contributed by atoms with van der Waals surface area (Å²) in [5.41, 5.74) is 0.262. The number of ether oxygens (including phenoxy) is 3. The number of aliphatic hydroxyl groups excluding tert-OH is 1. The summed E-state index contributed by atoms with van der Waals surface area (Å²) in [5.74, 6) is 0.109. The van der Waals surface area contributed by atoms with Crippen LogP contribution in [0.1, 0.15) is 10.4 Å². The van der Waals surface area contributed by atoms with E-state index < -0.39 is 11.9 Å². The van der Waals surface area contributed by atoms with Crippen molar-refractivity contribution in [2.24, 2.45) is 0 Å². The average Bonchev–Trinajstić information content (AvgIpc) is 2.45. The summed E-state index contributed by atoms with van der Waals surface area (Å²) < 4.78 is 14.9. The first-order chi connectivity index (χ1) is 9.15. The van der Waals surface area contributed by atoms with Gasteiger partial charge in [0, 0.05) is 13.2 Å². The Bertz CT molecular complexity index is 425. The molecule has 1 amide bonds. The number of hydrogen-bond donors (Lipinski definition) is 2. The summed E-state index contributed by atoms with van der Waals surface area (Å²) in [7, 11) is 4.38. The van der Waals surface area contributed by atoms with E-state index >= 15 is 0 Å². The standard InChI is InChI=1S/C12H18N2O5/c1-17-7-8(6-15)13-11(16)9-4-5-10(18-2)14-12(9)19-3/h4-5,8,15H,6-7H2,1-3H3,(H,13,16)/t8-/m0/s1. The summed E-state index contributed by atoms with van der Waals surface area (Å²) in [5, 5.41) is 11.7. The molecule has 0 aliphatic rings. The predicted octanol–water partition coefficient (Wildman–Crippen LogP) is -0.164. The molecule has 1 aromatic rings. The first-order valence-electron chi connectivity index (χ1n) is 5.66. The Balaban J connectivity index is 2.86. The molecule has 0 aliphatic carbocycles. The molecule has 0 aliphatic heterocycles. The molecule has 0 unspecified atom stereocenters. The minimum atomic E-state index is -0.482. The van der Waals surface area contributed by atoms with Crippen LogP contribution in [0.2, 0.25) is 0 Å². The van der Waals surface area contributed by atoms with Crippen molar-refractivity contribution >= 4 is 5.91 Å². The zero-order valence-electron chi connectivity index (χ0n) is 11.2. The third-order valence-corrected chi connectivity index (χ3v) is 2.41. The van der Waals surface area contributed by atoms with Gasteiger partial charge >= 0.3 is 0 Å². The van der Waals surface area contributed by atoms with Crippen LogP contribution >= 0.6 is 0 Å². The van der Waals surface area contributed by atoms with Gasteiger partial charge in [0.15, 0.2) is 0 Å². The second-order valence-corrected chi connectivity index (χ2v) is 3.72. The van der Waals surface area contributed by atoms with Crippen molar-refractivity contribution in [3.63, 3.8) is 0 Å². The Morgan fingerprint density at radius 3 is 2.63 bits per heavy atom. The van der Waals surface area contributed by atoms with Gasteiger partial charge in [-0.2, -0.15) is 4.98 Å². The fraction of sp³-hybridized carbons (Fsp3) is 0.500. The van der Waals surface area contributed by atoms with Gasteiger partial charge in [-0.25, -0.2) is 0 Å². The largest absolute Gasteiger partial charge is 0.481 e. The van der Waals surface area contributed by atoms with Crippen molar-refractivity contribution < 1.29 is 24.1 Å². The quantitative estimate of drug-likeness (QED) is 0.715. The summed E-state index contributed by atoms with van der Waals surface area (Å²) >= 11 is 0. The molecule has 1 heterocycles. The maximum Gasteiger partial charge on any atom is 0.257 e. The van der Waals surface area contributed by atoms with Gasteiger partial charge in [-0.3, -0.25) is 4.79 Å². The van der Waals surface area contributed by atoms with Gasteiger partial charge in [0.1, 0.15) is 5.56 Å². The van der Waals surface area contributed by atoms with E-state index in [9.17, 15) is 4.79 Å². The highest BCUT2D eigenvalue weighted by Crippen LogP contribution is 2.19. The molecular weight excluding hydrogens is 252 g/mol. The Morgan fingerprint density at radius 1 is 1.37 bits per heavy atom. The number of rotatable bonds is 7. The molecule has 1 rings (SSSR count). The van der Waals surface area contributed by atoms with Gasteiger partial charge in [0.25, 0.3) is 5.91 Å². The van der Waals surface area contributed by atoms with Crippen molar-refractivity contribution in [2.45, 2.75) is 6.04 Å². The smallest absolute Gasteiger partial charge is 0.257 e. The molecule has 0 bridgehead atoms. The van der Waals surface area contributed by atoms with Crippen LogP contribution in [0.4, 0.5) is 0 Å². The number of carbonyl (C=O) groups excluding carboxylic acids is 1. The van der Waals surface area contributed by atoms with Crippen LogP contribution in [0.5, 0.6) is 11.8 Å². The Labute approximate surface area is 111 Å². The molecule has 0 spiro atoms. The van der Waals surface area contributed by atoms with Crippen LogP contribution < -0.4 is 14.8 Å². The van der Waals surface area contributed by atoms with Crippen molar-refractivity contribution in [1.82, 2.24) is 10.3 Å². The first-order valence-corrected chi connectivity index (χ1v) is 5.66. The maximum absolute atomic E-state index is 12.0. The Hall–Kier alpha value is -1.86. The number of aromatic nitrogens is 1. The lowest BCUT2D eigenvalue weighted by molar-refractivity contribution is 0.0836. The van der Waals surface area contributed by atoms with Gasteiger partial charge in [-0.1, -0.05) is 0 Å². The normalized spacial score (nSPS) is 11.8. The van der Waals surface area contributed by atoms with Gasteiger partial charge in [0.2, 0.25) is 11.8 Å². The van der Waals surface area contributed by atoms with E-state index in [0.717, 1.165) is 0 Å². The number of hydrogen-bond acceptors (Lipinski definition) is 6. The summed E-state index contributed by atoms with van der Waals surface area (Å²) in [6.45, 7) is -0.000380. The van der Waals surface area contributed by atoms with Crippen LogP contribution in [0.25, 0.3) is 0 Å². The average molecular weight is 270 g/mol. The van der Waals surface area contributed by atoms with E-state index in [2.05, 4.69) is 10.3 Å². The molecule has 0 aromatic carbocycles. The Morgan fingerprint density at radius 2 is 2.11 bits per heavy atom. The third-order valence-electron chi connectivity index (χ3n) is 2.41. The summed E-state index contributed by atoms with van der Waals surface area (Å²) in [6.07, 6.45) is 0. The number of pyridine rings is 1. The van der Waals surface area contributed by atoms with E-state index in [1.54, 1.807) is 12.1 Å². The van der Waals surface area contributed by atoms with Crippen molar-refractivity contribution in [2.75, 3.05) is 34.5 Å². The summed E-state index contributed by atoms with van der Waals surface area (Å²) in [6, 6.07) is 2.62. The zero-order chi connectivity index (χ0) is 14.3. The zero-order valence-corrected chi connectivity index (χ0v) is 11.2. The Kier molecular flexibility index (Phi) is 6.04. The summed E-state index contributed by atoms with van der Waals surface area (Å²) in [4.78, 5) is 16.0. The van der Waals surface area contributed by atoms with Crippen LogP contribution in [-0.4, -0.2) is 56.6 Å². The van der Waals surface area contributed by atoms with E-state index in [0.29, 0.717) is 5.88 Å². The van der Waals surface area contributed by atoms with Gasteiger partial charge in [-0.15, -0.1) is 0 Å². The van der Waals surface area contributed by atoms with Crippen LogP contribution in [0, 0.1) is 0 Å². The molecule has 7 heteroatoms. The minimum absolute atomic E-state index is 0.158. The number of methoxy groups -OCH3 is 3. The minimum Gasteiger partial charge on any atom is -0.481 e. The molecular formula is C12H18N2O5. The van der Waals surface area contributed by atoms with Gasteiger partial charge < -0.3 is 24.6 Å². The van der Waals surface area contributed by atoms with Gasteiger partial charge in [0.05, 0.1) is 33.5 Å². The number of aliphatic hydroxyl groups is 1. The molecule has 19 heavy (non-hydrogen) atoms. The fourth-order valence-corrected chi connectivity index (χ4v) is 1.47. The number of carbonyl (C=O) groups is 1. The predicted molar refractivity (Wildman–Crippen MR) is 67.6 cm³/mol. The van der Waals surface area contributed by atoms with E-state index in [-0.39, 0.29) is 24.7 Å². The monoisotopic (exact) mass is 270 g/mol. The highest BCUT2D eigenvalue weighted by molar-refractivity contribution is 5.96. The second-order valence-electron chi connectivity index (χ2n) is 3.72. The molecule has 0 fully saturated rings. The lowest BCUT2D eigenvalue weighted by atomic mass is 10.2. The maximum atomic E-state index is 12.0. The van der Waals surface area contributed by atoms with Crippen LogP contribution in [0.15, 0.2) is 12.1 Å². The SMILES string of the molecule is COC[C@H](CO)NC(=O)c1ccc(OC)nc1OC. The number of amides is 1. The van der Waals surface area contributed by atoms with Crippen LogP contribution in [-0.2, 0) is 4.74 Å². The first kappa shape index (κ1) is 15.2. The highest BCUT2D eigenvalue weighted by atomic mass is 16.5. The molecule has 106 valence electrons. The lowest BCUT2D eigenvalue weighted by Crippen LogP contribution is -2.40. The van der Waals surface area contributed by atoms with Crippen molar-refractivity contribution in [3.05, 3.63) is 17.7 Å². The number of nitrogens with zero attached hydrogens (tertiary/aromatic N) is 1. The molecule has 0 saturated carbocycles. The topological polar surface area (TPSA) is 89.9 Å². The number of nitrogens with one attached hydrogen (secondary N) is 1. The molecule has 1 aromatic heterocycles. The molecule has 0 saturated heterocycles. The fourth-order valence-electron chi connectivity index (χ4n) is 1.47. The van der Waals surface area contributed by atoms with Crippen molar-refractivity contribution in [1.29, 1.82) is 0 Å². The second kappa shape index (κ2) is 7.55. The third kappa shape index (κ3) is 4.08. The lowest BCUT2D eigenvalue weighted by Gasteiger charge is -2.16. The van der Waals surface area contributed by atoms with E-state index in [1.807, 2.05) is 0 Å². The van der Waals surface area contributed by atoms with E-state index in [4.69, 9.17) is 19.3 Å². The van der Waals surface area contributed by atoms with Gasteiger partial charge in [-0.05, 0) is 6.07 Å². The van der Waals surface area contributed by atoms with Crippen molar-refractivity contribution in [3.8, 4) is 11.8 Å². The highest BCUT2D eigenvalue weighted by Gasteiger charge is 2.18. The molecule has 1 atom stereocenters. The molecule has 7 nitrogen and oxygen atoms in total. The molecule has 0 radical (unpaired) electrons.